The lowest BCUT2D eigenvalue weighted by Crippen LogP contribution is -2.32. The highest BCUT2D eigenvalue weighted by Gasteiger charge is 2.26. The number of benzene rings is 4. The van der Waals surface area contributed by atoms with Crippen molar-refractivity contribution in [2.24, 2.45) is 0 Å². The van der Waals surface area contributed by atoms with Gasteiger partial charge < -0.3 is 9.52 Å². The fourth-order valence-corrected chi connectivity index (χ4v) is 5.89. The van der Waals surface area contributed by atoms with Crippen LogP contribution in [0.2, 0.25) is 0 Å². The quantitative estimate of drug-likeness (QED) is 0.282. The van der Waals surface area contributed by atoms with Crippen molar-refractivity contribution in [1.29, 1.82) is 0 Å². The first-order valence-corrected chi connectivity index (χ1v) is 13.0. The van der Waals surface area contributed by atoms with Crippen LogP contribution in [0.15, 0.2) is 100 Å². The van der Waals surface area contributed by atoms with Crippen LogP contribution in [0.4, 0.5) is 0 Å². The summed E-state index contributed by atoms with van der Waals surface area (Å²) in [5.74, 6) is -1.37. The number of carbonyl (C=O) groups is 1. The second kappa shape index (κ2) is 9.60. The van der Waals surface area contributed by atoms with Gasteiger partial charge in [0, 0.05) is 24.0 Å². The SMILES string of the molecule is Cc1c(C(=O)O)oc2ccc(S(=O)(=O)N(CCc3ccccc3)Cc3ccc4ccccc4c3)cc12. The number of aromatic carboxylic acids is 1. The Labute approximate surface area is 209 Å². The Morgan fingerprint density at radius 3 is 2.33 bits per heavy atom. The van der Waals surface area contributed by atoms with Crippen molar-refractivity contribution >= 4 is 37.7 Å². The molecule has 0 amide bonds. The van der Waals surface area contributed by atoms with Gasteiger partial charge in [0.1, 0.15) is 5.58 Å². The van der Waals surface area contributed by atoms with Crippen molar-refractivity contribution in [2.75, 3.05) is 6.54 Å². The smallest absolute Gasteiger partial charge is 0.372 e. The molecule has 0 bridgehead atoms. The van der Waals surface area contributed by atoms with Gasteiger partial charge in [0.15, 0.2) is 0 Å². The zero-order valence-corrected chi connectivity index (χ0v) is 20.5. The molecule has 5 aromatic rings. The van der Waals surface area contributed by atoms with E-state index in [4.69, 9.17) is 4.42 Å². The summed E-state index contributed by atoms with van der Waals surface area (Å²) in [6, 6.07) is 28.2. The van der Waals surface area contributed by atoms with E-state index >= 15 is 0 Å². The Balaban J connectivity index is 1.53. The van der Waals surface area contributed by atoms with Crippen molar-refractivity contribution < 1.29 is 22.7 Å². The minimum absolute atomic E-state index is 0.102. The second-order valence-corrected chi connectivity index (χ2v) is 10.7. The van der Waals surface area contributed by atoms with Crippen LogP contribution in [0.1, 0.15) is 27.2 Å². The van der Waals surface area contributed by atoms with Crippen LogP contribution in [-0.4, -0.2) is 30.3 Å². The normalized spacial score (nSPS) is 11.9. The summed E-state index contributed by atoms with van der Waals surface area (Å²) in [5.41, 5.74) is 2.68. The van der Waals surface area contributed by atoms with Gasteiger partial charge in [-0.05, 0) is 59.5 Å². The maximum absolute atomic E-state index is 13.9. The number of carboxylic acids is 1. The molecular formula is C29H25NO5S. The highest BCUT2D eigenvalue weighted by Crippen LogP contribution is 2.30. The molecular weight excluding hydrogens is 474 g/mol. The number of hydrogen-bond donors (Lipinski definition) is 1. The number of nitrogens with zero attached hydrogens (tertiary/aromatic N) is 1. The van der Waals surface area contributed by atoms with Crippen molar-refractivity contribution in [3.05, 3.63) is 113 Å². The molecule has 1 N–H and O–H groups in total. The molecule has 1 heterocycles. The van der Waals surface area contributed by atoms with E-state index in [1.54, 1.807) is 6.92 Å². The Kier molecular flexibility index (Phi) is 6.35. The maximum atomic E-state index is 13.9. The van der Waals surface area contributed by atoms with Crippen LogP contribution in [0.25, 0.3) is 21.7 Å². The molecule has 0 saturated carbocycles. The summed E-state index contributed by atoms with van der Waals surface area (Å²) in [4.78, 5) is 11.6. The lowest BCUT2D eigenvalue weighted by atomic mass is 10.1. The molecule has 182 valence electrons. The van der Waals surface area contributed by atoms with E-state index in [1.165, 1.54) is 22.5 Å². The molecule has 4 aromatic carbocycles. The van der Waals surface area contributed by atoms with Gasteiger partial charge in [0.2, 0.25) is 15.8 Å². The molecule has 36 heavy (non-hydrogen) atoms. The highest BCUT2D eigenvalue weighted by molar-refractivity contribution is 7.89. The second-order valence-electron chi connectivity index (χ2n) is 8.77. The number of rotatable bonds is 8. The minimum Gasteiger partial charge on any atom is -0.475 e. The lowest BCUT2D eigenvalue weighted by molar-refractivity contribution is 0.0664. The number of sulfonamides is 1. The van der Waals surface area contributed by atoms with Gasteiger partial charge in [0.25, 0.3) is 0 Å². The molecule has 0 aliphatic rings. The molecule has 0 spiro atoms. The van der Waals surface area contributed by atoms with Crippen LogP contribution < -0.4 is 0 Å². The number of fused-ring (bicyclic) bond motifs is 2. The standard InChI is InChI=1S/C29H25NO5S/c1-20-26-18-25(13-14-27(26)35-28(20)29(31)32)36(33,34)30(16-15-21-7-3-2-4-8-21)19-22-11-12-23-9-5-6-10-24(23)17-22/h2-14,17-18H,15-16,19H2,1H3,(H,31,32). The average molecular weight is 500 g/mol. The van der Waals surface area contributed by atoms with E-state index in [9.17, 15) is 18.3 Å². The third-order valence-corrected chi connectivity index (χ3v) is 8.25. The van der Waals surface area contributed by atoms with Crippen LogP contribution >= 0.6 is 0 Å². The Morgan fingerprint density at radius 1 is 0.861 bits per heavy atom. The van der Waals surface area contributed by atoms with E-state index < -0.39 is 16.0 Å². The third kappa shape index (κ3) is 4.63. The number of aryl methyl sites for hydroxylation is 1. The summed E-state index contributed by atoms with van der Waals surface area (Å²) >= 11 is 0. The van der Waals surface area contributed by atoms with Crippen molar-refractivity contribution in [3.63, 3.8) is 0 Å². The van der Waals surface area contributed by atoms with Crippen LogP contribution in [0, 0.1) is 6.92 Å². The molecule has 0 saturated heterocycles. The molecule has 1 aromatic heterocycles. The molecule has 0 radical (unpaired) electrons. The summed E-state index contributed by atoms with van der Waals surface area (Å²) in [7, 11) is -3.90. The van der Waals surface area contributed by atoms with Gasteiger partial charge in [0.05, 0.1) is 4.90 Å². The lowest BCUT2D eigenvalue weighted by Gasteiger charge is -2.23. The van der Waals surface area contributed by atoms with E-state index in [1.807, 2.05) is 72.8 Å². The van der Waals surface area contributed by atoms with Crippen LogP contribution in [0.3, 0.4) is 0 Å². The average Bonchev–Trinajstić information content (AvgIpc) is 3.23. The summed E-state index contributed by atoms with van der Waals surface area (Å²) in [5, 5.41) is 12.0. The molecule has 0 fully saturated rings. The molecule has 0 aliphatic heterocycles. The third-order valence-electron chi connectivity index (χ3n) is 6.41. The summed E-state index contributed by atoms with van der Waals surface area (Å²) in [6.45, 7) is 2.12. The van der Waals surface area contributed by atoms with Crippen molar-refractivity contribution in [3.8, 4) is 0 Å². The monoisotopic (exact) mass is 499 g/mol. The molecule has 5 rings (SSSR count). The fourth-order valence-electron chi connectivity index (χ4n) is 4.44. The molecule has 0 aliphatic carbocycles. The van der Waals surface area contributed by atoms with Gasteiger partial charge in [-0.25, -0.2) is 13.2 Å². The predicted molar refractivity (Wildman–Crippen MR) is 140 cm³/mol. The summed E-state index contributed by atoms with van der Waals surface area (Å²) in [6.07, 6.45) is 0.559. The van der Waals surface area contributed by atoms with E-state index in [2.05, 4.69) is 0 Å². The Morgan fingerprint density at radius 2 is 1.58 bits per heavy atom. The Hall–Kier alpha value is -3.94. The number of carboxylic acid groups (broad SMARTS) is 1. The molecule has 0 unspecified atom stereocenters. The minimum atomic E-state index is -3.90. The first kappa shape index (κ1) is 23.8. The van der Waals surface area contributed by atoms with Crippen LogP contribution in [0.5, 0.6) is 0 Å². The van der Waals surface area contributed by atoms with Crippen molar-refractivity contribution in [1.82, 2.24) is 4.31 Å². The molecule has 6 nitrogen and oxygen atoms in total. The van der Waals surface area contributed by atoms with Gasteiger partial charge in [-0.1, -0.05) is 66.7 Å². The highest BCUT2D eigenvalue weighted by atomic mass is 32.2. The fraction of sp³-hybridized carbons (Fsp3) is 0.138. The zero-order chi connectivity index (χ0) is 25.3. The maximum Gasteiger partial charge on any atom is 0.372 e. The van der Waals surface area contributed by atoms with E-state index in [0.717, 1.165) is 21.9 Å². The van der Waals surface area contributed by atoms with E-state index in [0.29, 0.717) is 29.5 Å². The first-order valence-electron chi connectivity index (χ1n) is 11.6. The molecule has 7 heteroatoms. The predicted octanol–water partition coefficient (Wildman–Crippen LogP) is 6.03. The number of hydrogen-bond acceptors (Lipinski definition) is 4. The first-order chi connectivity index (χ1) is 17.3. The Bertz CT molecular complexity index is 1670. The van der Waals surface area contributed by atoms with Crippen LogP contribution in [-0.2, 0) is 23.0 Å². The molecule has 0 atom stereocenters. The van der Waals surface area contributed by atoms with E-state index in [-0.39, 0.29) is 17.2 Å². The zero-order valence-electron chi connectivity index (χ0n) is 19.7. The van der Waals surface area contributed by atoms with Gasteiger partial charge in [-0.3, -0.25) is 0 Å². The largest absolute Gasteiger partial charge is 0.475 e. The van der Waals surface area contributed by atoms with Crippen molar-refractivity contribution in [2.45, 2.75) is 24.8 Å². The number of furan rings is 1. The van der Waals surface area contributed by atoms with Gasteiger partial charge >= 0.3 is 5.97 Å². The van der Waals surface area contributed by atoms with Gasteiger partial charge in [-0.15, -0.1) is 0 Å². The topological polar surface area (TPSA) is 87.8 Å². The summed E-state index contributed by atoms with van der Waals surface area (Å²) < 4.78 is 34.7. The van der Waals surface area contributed by atoms with Gasteiger partial charge in [-0.2, -0.15) is 4.31 Å².